The standard InChI is InChI=1S/C19H24N2O3/c1-14-18(24-13-20-14)19(22)21-11-3-4-16(12-21)6-5-15-7-9-17(23-2)10-8-15/h7-10,13,16H,3-6,11-12H2,1-2H3/t16-/m1/s1. The smallest absolute Gasteiger partial charge is 0.291 e. The number of hydrogen-bond donors (Lipinski definition) is 0. The van der Waals surface area contributed by atoms with Crippen LogP contribution in [0.15, 0.2) is 35.1 Å². The number of oxazole rings is 1. The van der Waals surface area contributed by atoms with Gasteiger partial charge in [-0.3, -0.25) is 4.79 Å². The van der Waals surface area contributed by atoms with Gasteiger partial charge >= 0.3 is 0 Å². The summed E-state index contributed by atoms with van der Waals surface area (Å²) in [7, 11) is 1.68. The highest BCUT2D eigenvalue weighted by Crippen LogP contribution is 2.24. The summed E-state index contributed by atoms with van der Waals surface area (Å²) in [5, 5.41) is 0. The normalized spacial score (nSPS) is 17.8. The predicted molar refractivity (Wildman–Crippen MR) is 91.2 cm³/mol. The Morgan fingerprint density at radius 3 is 2.83 bits per heavy atom. The summed E-state index contributed by atoms with van der Waals surface area (Å²) in [4.78, 5) is 18.5. The maximum absolute atomic E-state index is 12.6. The average molecular weight is 328 g/mol. The Morgan fingerprint density at radius 1 is 1.38 bits per heavy atom. The van der Waals surface area contributed by atoms with Gasteiger partial charge in [-0.15, -0.1) is 0 Å². The van der Waals surface area contributed by atoms with Crippen molar-refractivity contribution in [2.24, 2.45) is 5.92 Å². The molecule has 24 heavy (non-hydrogen) atoms. The Balaban J connectivity index is 1.55. The van der Waals surface area contributed by atoms with Crippen molar-refractivity contribution in [3.8, 4) is 5.75 Å². The third-order valence-corrected chi connectivity index (χ3v) is 4.75. The van der Waals surface area contributed by atoms with Crippen LogP contribution in [0.4, 0.5) is 0 Å². The van der Waals surface area contributed by atoms with Crippen molar-refractivity contribution in [2.75, 3.05) is 20.2 Å². The Kier molecular flexibility index (Phi) is 5.18. The molecule has 0 spiro atoms. The molecule has 2 aromatic rings. The van der Waals surface area contributed by atoms with E-state index >= 15 is 0 Å². The molecule has 2 heterocycles. The highest BCUT2D eigenvalue weighted by molar-refractivity contribution is 5.92. The largest absolute Gasteiger partial charge is 0.497 e. The number of carbonyl (C=O) groups is 1. The zero-order chi connectivity index (χ0) is 16.9. The molecule has 1 aliphatic heterocycles. The highest BCUT2D eigenvalue weighted by atomic mass is 16.5. The first-order valence-electron chi connectivity index (χ1n) is 8.49. The lowest BCUT2D eigenvalue weighted by Crippen LogP contribution is -2.40. The molecule has 0 saturated carbocycles. The number of carbonyl (C=O) groups excluding carboxylic acids is 1. The fourth-order valence-electron chi connectivity index (χ4n) is 3.30. The van der Waals surface area contributed by atoms with Crippen molar-refractivity contribution >= 4 is 5.91 Å². The summed E-state index contributed by atoms with van der Waals surface area (Å²) in [5.41, 5.74) is 1.98. The molecule has 1 amide bonds. The molecule has 1 atom stereocenters. The van der Waals surface area contributed by atoms with Crippen LogP contribution < -0.4 is 4.74 Å². The molecule has 0 N–H and O–H groups in total. The van der Waals surface area contributed by atoms with E-state index in [1.807, 2.05) is 24.0 Å². The molecule has 1 aliphatic rings. The molecule has 1 saturated heterocycles. The van der Waals surface area contributed by atoms with Gasteiger partial charge in [-0.05, 0) is 56.2 Å². The number of amides is 1. The third-order valence-electron chi connectivity index (χ3n) is 4.75. The van der Waals surface area contributed by atoms with Crippen LogP contribution in [0.1, 0.15) is 41.1 Å². The summed E-state index contributed by atoms with van der Waals surface area (Å²) < 4.78 is 10.4. The zero-order valence-corrected chi connectivity index (χ0v) is 14.3. The van der Waals surface area contributed by atoms with E-state index in [1.54, 1.807) is 7.11 Å². The highest BCUT2D eigenvalue weighted by Gasteiger charge is 2.27. The van der Waals surface area contributed by atoms with E-state index in [2.05, 4.69) is 17.1 Å². The van der Waals surface area contributed by atoms with Gasteiger partial charge in [0.15, 0.2) is 6.39 Å². The Labute approximate surface area is 142 Å². The number of methoxy groups -OCH3 is 1. The minimum atomic E-state index is -0.0286. The Bertz CT molecular complexity index is 678. The van der Waals surface area contributed by atoms with Crippen molar-refractivity contribution in [1.82, 2.24) is 9.88 Å². The van der Waals surface area contributed by atoms with Gasteiger partial charge in [0, 0.05) is 13.1 Å². The number of rotatable bonds is 5. The molecule has 1 aromatic heterocycles. The van der Waals surface area contributed by atoms with Gasteiger partial charge < -0.3 is 14.1 Å². The molecule has 0 unspecified atom stereocenters. The molecule has 1 fully saturated rings. The maximum atomic E-state index is 12.6. The first kappa shape index (κ1) is 16.6. The van der Waals surface area contributed by atoms with Crippen LogP contribution in [0.25, 0.3) is 0 Å². The minimum absolute atomic E-state index is 0.0286. The van der Waals surface area contributed by atoms with E-state index in [1.165, 1.54) is 18.4 Å². The van der Waals surface area contributed by atoms with Gasteiger partial charge in [0.25, 0.3) is 5.91 Å². The first-order chi connectivity index (χ1) is 11.7. The quantitative estimate of drug-likeness (QED) is 0.843. The number of likely N-dealkylation sites (tertiary alicyclic amines) is 1. The van der Waals surface area contributed by atoms with Gasteiger partial charge in [0.05, 0.1) is 12.8 Å². The number of hydrogen-bond acceptors (Lipinski definition) is 4. The monoisotopic (exact) mass is 328 g/mol. The molecule has 0 aliphatic carbocycles. The van der Waals surface area contributed by atoms with E-state index in [0.29, 0.717) is 17.4 Å². The molecular weight excluding hydrogens is 304 g/mol. The van der Waals surface area contributed by atoms with Crippen molar-refractivity contribution in [3.05, 3.63) is 47.7 Å². The summed E-state index contributed by atoms with van der Waals surface area (Å²) in [6, 6.07) is 8.22. The van der Waals surface area contributed by atoms with E-state index in [4.69, 9.17) is 9.15 Å². The van der Waals surface area contributed by atoms with Gasteiger partial charge in [-0.25, -0.2) is 4.98 Å². The molecule has 128 valence electrons. The lowest BCUT2D eigenvalue weighted by Gasteiger charge is -2.32. The summed E-state index contributed by atoms with van der Waals surface area (Å²) in [6.07, 6.45) is 5.68. The van der Waals surface area contributed by atoms with Crippen LogP contribution in [-0.4, -0.2) is 36.0 Å². The SMILES string of the molecule is COc1ccc(CC[C@H]2CCCN(C(=O)c3ocnc3C)C2)cc1. The van der Waals surface area contributed by atoms with Crippen molar-refractivity contribution in [1.29, 1.82) is 0 Å². The van der Waals surface area contributed by atoms with Gasteiger partial charge in [-0.1, -0.05) is 12.1 Å². The second-order valence-electron chi connectivity index (χ2n) is 6.41. The third kappa shape index (κ3) is 3.78. The summed E-state index contributed by atoms with van der Waals surface area (Å²) in [6.45, 7) is 3.41. The van der Waals surface area contributed by atoms with E-state index in [-0.39, 0.29) is 5.91 Å². The molecule has 1 aromatic carbocycles. The lowest BCUT2D eigenvalue weighted by atomic mass is 9.91. The predicted octanol–water partition coefficient (Wildman–Crippen LogP) is 3.48. The molecule has 3 rings (SSSR count). The fraction of sp³-hybridized carbons (Fsp3) is 0.474. The second kappa shape index (κ2) is 7.51. The van der Waals surface area contributed by atoms with Crippen LogP contribution in [0, 0.1) is 12.8 Å². The summed E-state index contributed by atoms with van der Waals surface area (Å²) >= 11 is 0. The Hall–Kier alpha value is -2.30. The number of ether oxygens (including phenoxy) is 1. The second-order valence-corrected chi connectivity index (χ2v) is 6.41. The number of piperidine rings is 1. The molecule has 5 heteroatoms. The summed E-state index contributed by atoms with van der Waals surface area (Å²) in [5.74, 6) is 1.77. The fourth-order valence-corrected chi connectivity index (χ4v) is 3.30. The van der Waals surface area contributed by atoms with E-state index in [9.17, 15) is 4.79 Å². The van der Waals surface area contributed by atoms with Crippen LogP contribution in [0.5, 0.6) is 5.75 Å². The van der Waals surface area contributed by atoms with Crippen LogP contribution in [0.2, 0.25) is 0 Å². The van der Waals surface area contributed by atoms with Crippen molar-refractivity contribution in [2.45, 2.75) is 32.6 Å². The zero-order valence-electron chi connectivity index (χ0n) is 14.3. The average Bonchev–Trinajstić information content (AvgIpc) is 3.06. The number of benzene rings is 1. The maximum Gasteiger partial charge on any atom is 0.291 e. The lowest BCUT2D eigenvalue weighted by molar-refractivity contribution is 0.0635. The molecule has 5 nitrogen and oxygen atoms in total. The van der Waals surface area contributed by atoms with Crippen LogP contribution in [-0.2, 0) is 6.42 Å². The molecular formula is C19H24N2O3. The number of aryl methyl sites for hydroxylation is 2. The minimum Gasteiger partial charge on any atom is -0.497 e. The van der Waals surface area contributed by atoms with Crippen LogP contribution >= 0.6 is 0 Å². The van der Waals surface area contributed by atoms with Gasteiger partial charge in [0.1, 0.15) is 5.75 Å². The first-order valence-corrected chi connectivity index (χ1v) is 8.49. The van der Waals surface area contributed by atoms with E-state index < -0.39 is 0 Å². The Morgan fingerprint density at radius 2 is 2.17 bits per heavy atom. The van der Waals surface area contributed by atoms with Gasteiger partial charge in [0.2, 0.25) is 5.76 Å². The number of aromatic nitrogens is 1. The topological polar surface area (TPSA) is 55.6 Å². The van der Waals surface area contributed by atoms with Crippen molar-refractivity contribution in [3.63, 3.8) is 0 Å². The van der Waals surface area contributed by atoms with Gasteiger partial charge in [-0.2, -0.15) is 0 Å². The number of nitrogens with zero attached hydrogens (tertiary/aromatic N) is 2. The van der Waals surface area contributed by atoms with Crippen molar-refractivity contribution < 1.29 is 13.9 Å². The molecule has 0 radical (unpaired) electrons. The van der Waals surface area contributed by atoms with Crippen LogP contribution in [0.3, 0.4) is 0 Å². The molecule has 0 bridgehead atoms. The van der Waals surface area contributed by atoms with E-state index in [0.717, 1.165) is 38.1 Å².